The van der Waals surface area contributed by atoms with Crippen molar-refractivity contribution in [2.75, 3.05) is 19.0 Å². The SMILES string of the molecule is COC(=O)[C@@]1(Cc2ccccc2Cl)CNc2cccc(Cl)c2C1. The summed E-state index contributed by atoms with van der Waals surface area (Å²) in [6.45, 7) is 0.484. The van der Waals surface area contributed by atoms with Gasteiger partial charge in [-0.1, -0.05) is 47.5 Å². The summed E-state index contributed by atoms with van der Waals surface area (Å²) in [6.07, 6.45) is 1.02. The van der Waals surface area contributed by atoms with Crippen LogP contribution in [0.2, 0.25) is 10.0 Å². The van der Waals surface area contributed by atoms with Gasteiger partial charge in [0.05, 0.1) is 12.5 Å². The molecule has 2 aromatic carbocycles. The third kappa shape index (κ3) is 3.04. The summed E-state index contributed by atoms with van der Waals surface area (Å²) in [6, 6.07) is 13.3. The van der Waals surface area contributed by atoms with Crippen molar-refractivity contribution in [3.63, 3.8) is 0 Å². The normalized spacial score (nSPS) is 19.6. The Morgan fingerprint density at radius 3 is 2.65 bits per heavy atom. The highest BCUT2D eigenvalue weighted by molar-refractivity contribution is 6.32. The molecule has 1 aliphatic rings. The first-order chi connectivity index (χ1) is 11.1. The van der Waals surface area contributed by atoms with Gasteiger partial charge in [0.15, 0.2) is 0 Å². The molecule has 0 unspecified atom stereocenters. The van der Waals surface area contributed by atoms with Crippen molar-refractivity contribution < 1.29 is 9.53 Å². The number of carbonyl (C=O) groups is 1. The Hall–Kier alpha value is -1.71. The van der Waals surface area contributed by atoms with Crippen LogP contribution < -0.4 is 5.32 Å². The maximum atomic E-state index is 12.6. The Kier molecular flexibility index (Phi) is 4.51. The lowest BCUT2D eigenvalue weighted by molar-refractivity contribution is -0.152. The Bertz CT molecular complexity index is 748. The molecule has 0 saturated carbocycles. The highest BCUT2D eigenvalue weighted by Crippen LogP contribution is 2.40. The predicted octanol–water partition coefficient (Wildman–Crippen LogP) is 4.36. The van der Waals surface area contributed by atoms with Crippen LogP contribution in [0.15, 0.2) is 42.5 Å². The quantitative estimate of drug-likeness (QED) is 0.836. The molecule has 0 spiro atoms. The van der Waals surface area contributed by atoms with Crippen LogP contribution in [0, 0.1) is 5.41 Å². The van der Waals surface area contributed by atoms with Gasteiger partial charge in [-0.3, -0.25) is 4.79 Å². The third-order valence-corrected chi connectivity index (χ3v) is 5.08. The molecule has 0 saturated heterocycles. The number of nitrogens with one attached hydrogen (secondary N) is 1. The van der Waals surface area contributed by atoms with E-state index in [9.17, 15) is 4.79 Å². The van der Waals surface area contributed by atoms with Crippen LogP contribution in [0.25, 0.3) is 0 Å². The van der Waals surface area contributed by atoms with Gasteiger partial charge in [0.1, 0.15) is 0 Å². The van der Waals surface area contributed by atoms with Gasteiger partial charge < -0.3 is 10.1 Å². The second-order valence-electron chi connectivity index (χ2n) is 5.84. The number of halogens is 2. The molecule has 3 rings (SSSR count). The molecule has 1 atom stereocenters. The molecule has 3 nitrogen and oxygen atoms in total. The number of carbonyl (C=O) groups excluding carboxylic acids is 1. The first kappa shape index (κ1) is 16.2. The first-order valence-corrected chi connectivity index (χ1v) is 8.14. The lowest BCUT2D eigenvalue weighted by Gasteiger charge is -2.37. The Morgan fingerprint density at radius 2 is 1.91 bits per heavy atom. The first-order valence-electron chi connectivity index (χ1n) is 7.39. The lowest BCUT2D eigenvalue weighted by Crippen LogP contribution is -2.45. The number of fused-ring (bicyclic) bond motifs is 1. The number of benzene rings is 2. The monoisotopic (exact) mass is 349 g/mol. The Balaban J connectivity index is 2.01. The fourth-order valence-electron chi connectivity index (χ4n) is 3.13. The van der Waals surface area contributed by atoms with Crippen molar-refractivity contribution in [3.8, 4) is 0 Å². The van der Waals surface area contributed by atoms with E-state index in [-0.39, 0.29) is 5.97 Å². The summed E-state index contributed by atoms with van der Waals surface area (Å²) in [5.74, 6) is -0.254. The second-order valence-corrected chi connectivity index (χ2v) is 6.65. The number of hydrogen-bond acceptors (Lipinski definition) is 3. The summed E-state index contributed by atoms with van der Waals surface area (Å²) < 4.78 is 5.09. The fourth-order valence-corrected chi connectivity index (χ4v) is 3.58. The smallest absolute Gasteiger partial charge is 0.314 e. The highest BCUT2D eigenvalue weighted by Gasteiger charge is 2.43. The average molecular weight is 350 g/mol. The predicted molar refractivity (Wildman–Crippen MR) is 93.3 cm³/mol. The number of anilines is 1. The van der Waals surface area contributed by atoms with Crippen LogP contribution in [0.4, 0.5) is 5.69 Å². The van der Waals surface area contributed by atoms with E-state index < -0.39 is 5.41 Å². The van der Waals surface area contributed by atoms with Crippen molar-refractivity contribution in [3.05, 3.63) is 63.6 Å². The second kappa shape index (κ2) is 6.42. The van der Waals surface area contributed by atoms with Gasteiger partial charge in [0.25, 0.3) is 0 Å². The van der Waals surface area contributed by atoms with Gasteiger partial charge in [0.2, 0.25) is 0 Å². The van der Waals surface area contributed by atoms with E-state index in [1.54, 1.807) is 0 Å². The van der Waals surface area contributed by atoms with E-state index in [1.807, 2.05) is 42.5 Å². The van der Waals surface area contributed by atoms with E-state index in [0.29, 0.717) is 29.4 Å². The van der Waals surface area contributed by atoms with E-state index in [2.05, 4.69) is 5.32 Å². The molecule has 1 N–H and O–H groups in total. The zero-order chi connectivity index (χ0) is 16.4. The summed E-state index contributed by atoms with van der Waals surface area (Å²) in [4.78, 5) is 12.6. The largest absolute Gasteiger partial charge is 0.469 e. The Labute approximate surface area is 145 Å². The average Bonchev–Trinajstić information content (AvgIpc) is 2.57. The Morgan fingerprint density at radius 1 is 1.17 bits per heavy atom. The topological polar surface area (TPSA) is 38.3 Å². The van der Waals surface area contributed by atoms with Gasteiger partial charge >= 0.3 is 5.97 Å². The fraction of sp³-hybridized carbons (Fsp3) is 0.278. The molecular formula is C18H17Cl2NO2. The number of methoxy groups -OCH3 is 1. The number of ether oxygens (including phenoxy) is 1. The van der Waals surface area contributed by atoms with E-state index in [0.717, 1.165) is 16.8 Å². The third-order valence-electron chi connectivity index (χ3n) is 4.36. The van der Waals surface area contributed by atoms with Crippen LogP contribution in [0.1, 0.15) is 11.1 Å². The molecule has 5 heteroatoms. The van der Waals surface area contributed by atoms with Crippen molar-refractivity contribution in [2.45, 2.75) is 12.8 Å². The van der Waals surface area contributed by atoms with Crippen LogP contribution in [0.5, 0.6) is 0 Å². The molecule has 0 radical (unpaired) electrons. The van der Waals surface area contributed by atoms with Crippen molar-refractivity contribution >= 4 is 34.9 Å². The molecule has 120 valence electrons. The summed E-state index contributed by atoms with van der Waals surface area (Å²) in [7, 11) is 1.42. The number of hydrogen-bond donors (Lipinski definition) is 1. The van der Waals surface area contributed by atoms with E-state index in [1.165, 1.54) is 7.11 Å². The van der Waals surface area contributed by atoms with Crippen molar-refractivity contribution in [2.24, 2.45) is 5.41 Å². The maximum absolute atomic E-state index is 12.6. The van der Waals surface area contributed by atoms with Crippen LogP contribution in [0.3, 0.4) is 0 Å². The maximum Gasteiger partial charge on any atom is 0.314 e. The molecule has 0 aromatic heterocycles. The minimum absolute atomic E-state index is 0.254. The standard InChI is InChI=1S/C18H17Cl2NO2/c1-23-17(22)18(9-12-5-2-3-6-14(12)19)10-13-15(20)7-4-8-16(13)21-11-18/h2-8,21H,9-11H2,1H3/t18-/m1/s1. The molecule has 0 amide bonds. The highest BCUT2D eigenvalue weighted by atomic mass is 35.5. The van der Waals surface area contributed by atoms with Crippen molar-refractivity contribution in [1.82, 2.24) is 0 Å². The number of rotatable bonds is 3. The van der Waals surface area contributed by atoms with Gasteiger partial charge in [-0.05, 0) is 42.2 Å². The minimum atomic E-state index is -0.724. The van der Waals surface area contributed by atoms with E-state index >= 15 is 0 Å². The molecular weight excluding hydrogens is 333 g/mol. The van der Waals surface area contributed by atoms with Gasteiger partial charge in [-0.15, -0.1) is 0 Å². The van der Waals surface area contributed by atoms with Crippen LogP contribution >= 0.6 is 23.2 Å². The summed E-state index contributed by atoms with van der Waals surface area (Å²) in [5, 5.41) is 4.63. The van der Waals surface area contributed by atoms with Crippen LogP contribution in [-0.4, -0.2) is 19.6 Å². The van der Waals surface area contributed by atoms with Gasteiger partial charge in [-0.25, -0.2) is 0 Å². The minimum Gasteiger partial charge on any atom is -0.469 e. The lowest BCUT2D eigenvalue weighted by atomic mass is 9.74. The van der Waals surface area contributed by atoms with E-state index in [4.69, 9.17) is 27.9 Å². The zero-order valence-electron chi connectivity index (χ0n) is 12.7. The van der Waals surface area contributed by atoms with Gasteiger partial charge in [-0.2, -0.15) is 0 Å². The molecule has 1 heterocycles. The molecule has 0 aliphatic carbocycles. The molecule has 0 fully saturated rings. The summed E-state index contributed by atoms with van der Waals surface area (Å²) >= 11 is 12.6. The molecule has 0 bridgehead atoms. The summed E-state index contributed by atoms with van der Waals surface area (Å²) in [5.41, 5.74) is 2.11. The van der Waals surface area contributed by atoms with Crippen molar-refractivity contribution in [1.29, 1.82) is 0 Å². The molecule has 23 heavy (non-hydrogen) atoms. The zero-order valence-corrected chi connectivity index (χ0v) is 14.2. The molecule has 1 aliphatic heterocycles. The van der Waals surface area contributed by atoms with Crippen LogP contribution in [-0.2, 0) is 22.4 Å². The van der Waals surface area contributed by atoms with Gasteiger partial charge in [0, 0.05) is 22.3 Å². The molecule has 2 aromatic rings. The number of esters is 1.